The van der Waals surface area contributed by atoms with Crippen LogP contribution in [0.3, 0.4) is 0 Å². The molecule has 0 saturated heterocycles. The van der Waals surface area contributed by atoms with Crippen molar-refractivity contribution in [3.63, 3.8) is 0 Å². The number of imidazole rings is 1. The number of hydrogen-bond donors (Lipinski definition) is 2. The van der Waals surface area contributed by atoms with Crippen LogP contribution in [-0.4, -0.2) is 27.0 Å². The van der Waals surface area contributed by atoms with Crippen LogP contribution in [-0.2, 0) is 0 Å². The largest absolute Gasteiger partial charge is 0.349 e. The molecule has 0 aliphatic heterocycles. The fraction of sp³-hybridized carbons (Fsp3) is 0.417. The molecule has 7 heteroatoms. The molecule has 0 bridgehead atoms. The van der Waals surface area contributed by atoms with Crippen LogP contribution in [0.15, 0.2) is 18.6 Å². The molecule has 1 fully saturated rings. The Bertz CT molecular complexity index is 623. The lowest BCUT2D eigenvalue weighted by atomic mass is 10.3. The van der Waals surface area contributed by atoms with E-state index in [2.05, 4.69) is 26.4 Å². The molecular weight excluding hydrogens is 242 g/mol. The first-order valence-electron chi connectivity index (χ1n) is 6.27. The van der Waals surface area contributed by atoms with Gasteiger partial charge in [0.1, 0.15) is 0 Å². The van der Waals surface area contributed by atoms with Gasteiger partial charge in [0, 0.05) is 25.0 Å². The molecule has 0 radical (unpaired) electrons. The molecule has 2 heterocycles. The molecule has 3 N–H and O–H groups in total. The lowest BCUT2D eigenvalue weighted by Crippen LogP contribution is -2.28. The summed E-state index contributed by atoms with van der Waals surface area (Å²) in [4.78, 5) is 11.0. The minimum atomic E-state index is 0.467. The number of hydrogen-bond acceptors (Lipinski definition) is 6. The molecule has 98 valence electrons. The number of hydrazine groups is 1. The van der Waals surface area contributed by atoms with E-state index in [1.54, 1.807) is 12.4 Å². The highest BCUT2D eigenvalue weighted by Crippen LogP contribution is 2.33. The second kappa shape index (κ2) is 4.74. The maximum atomic E-state index is 8.79. The van der Waals surface area contributed by atoms with E-state index in [1.165, 1.54) is 0 Å². The van der Waals surface area contributed by atoms with Crippen molar-refractivity contribution >= 4 is 17.3 Å². The van der Waals surface area contributed by atoms with E-state index >= 15 is 0 Å². The molecular formula is C12H15N7. The number of nitrogen functional groups attached to an aromatic ring is 1. The molecule has 2 aromatic heterocycles. The Kier molecular flexibility index (Phi) is 2.93. The highest BCUT2D eigenvalue weighted by atomic mass is 15.3. The SMILES string of the molecule is N#CCCN(c1nc(NN)cn2ccnc12)C1CC1. The van der Waals surface area contributed by atoms with Crippen LogP contribution in [0.2, 0.25) is 0 Å². The van der Waals surface area contributed by atoms with Gasteiger partial charge in [-0.2, -0.15) is 5.26 Å². The summed E-state index contributed by atoms with van der Waals surface area (Å²) in [7, 11) is 0. The standard InChI is InChI=1S/C12H15N7/c13-4-1-6-19(9-2-3-9)12-11-15-5-7-18(11)8-10(16-12)17-14/h5,7-9,17H,1-3,6,14H2. The Balaban J connectivity index is 2.05. The highest BCUT2D eigenvalue weighted by molar-refractivity contribution is 5.67. The molecule has 0 atom stereocenters. The quantitative estimate of drug-likeness (QED) is 0.610. The summed E-state index contributed by atoms with van der Waals surface area (Å²) in [5.41, 5.74) is 3.36. The van der Waals surface area contributed by atoms with Gasteiger partial charge in [0.25, 0.3) is 0 Å². The van der Waals surface area contributed by atoms with E-state index in [9.17, 15) is 0 Å². The van der Waals surface area contributed by atoms with E-state index in [0.717, 1.165) is 24.3 Å². The van der Waals surface area contributed by atoms with Crippen LogP contribution in [0.1, 0.15) is 19.3 Å². The van der Waals surface area contributed by atoms with Crippen LogP contribution in [0.4, 0.5) is 11.6 Å². The monoisotopic (exact) mass is 257 g/mol. The summed E-state index contributed by atoms with van der Waals surface area (Å²) in [6.07, 6.45) is 8.14. The van der Waals surface area contributed by atoms with Crippen LogP contribution in [0, 0.1) is 11.3 Å². The molecule has 7 nitrogen and oxygen atoms in total. The number of nitrogens with one attached hydrogen (secondary N) is 1. The Hall–Kier alpha value is -2.33. The first kappa shape index (κ1) is 11.7. The Morgan fingerprint density at radius 3 is 3.11 bits per heavy atom. The number of fused-ring (bicyclic) bond motifs is 1. The third kappa shape index (κ3) is 2.18. The van der Waals surface area contributed by atoms with Gasteiger partial charge >= 0.3 is 0 Å². The Morgan fingerprint density at radius 2 is 2.42 bits per heavy atom. The topological polar surface area (TPSA) is 95.3 Å². The molecule has 3 rings (SSSR count). The minimum absolute atomic E-state index is 0.467. The summed E-state index contributed by atoms with van der Waals surface area (Å²) in [6, 6.07) is 2.65. The van der Waals surface area contributed by atoms with Crippen LogP contribution in [0.25, 0.3) is 5.65 Å². The van der Waals surface area contributed by atoms with Gasteiger partial charge in [-0.1, -0.05) is 0 Å². The van der Waals surface area contributed by atoms with Crippen molar-refractivity contribution in [3.05, 3.63) is 18.6 Å². The maximum absolute atomic E-state index is 8.79. The summed E-state index contributed by atoms with van der Waals surface area (Å²) in [6.45, 7) is 0.671. The lowest BCUT2D eigenvalue weighted by molar-refractivity contribution is 0.777. The number of rotatable bonds is 5. The molecule has 2 aromatic rings. The third-order valence-corrected chi connectivity index (χ3v) is 3.23. The molecule has 0 unspecified atom stereocenters. The predicted octanol–water partition coefficient (Wildman–Crippen LogP) is 0.897. The van der Waals surface area contributed by atoms with Crippen molar-refractivity contribution in [2.75, 3.05) is 16.9 Å². The third-order valence-electron chi connectivity index (χ3n) is 3.23. The zero-order chi connectivity index (χ0) is 13.2. The summed E-state index contributed by atoms with van der Waals surface area (Å²) < 4.78 is 1.89. The second-order valence-electron chi connectivity index (χ2n) is 4.58. The number of nitriles is 1. The normalized spacial score (nSPS) is 14.3. The second-order valence-corrected chi connectivity index (χ2v) is 4.58. The highest BCUT2D eigenvalue weighted by Gasteiger charge is 2.31. The summed E-state index contributed by atoms with van der Waals surface area (Å²) >= 11 is 0. The van der Waals surface area contributed by atoms with Crippen molar-refractivity contribution in [2.24, 2.45) is 5.84 Å². The molecule has 1 aliphatic carbocycles. The zero-order valence-electron chi connectivity index (χ0n) is 10.5. The number of aromatic nitrogens is 3. The lowest BCUT2D eigenvalue weighted by Gasteiger charge is -2.23. The van der Waals surface area contributed by atoms with Crippen molar-refractivity contribution in [3.8, 4) is 6.07 Å². The summed E-state index contributed by atoms with van der Waals surface area (Å²) in [5.74, 6) is 6.83. The average molecular weight is 257 g/mol. The van der Waals surface area contributed by atoms with E-state index in [-0.39, 0.29) is 0 Å². The van der Waals surface area contributed by atoms with E-state index < -0.39 is 0 Å². The number of nitrogens with two attached hydrogens (primary N) is 1. The van der Waals surface area contributed by atoms with Crippen LogP contribution < -0.4 is 16.2 Å². The van der Waals surface area contributed by atoms with Gasteiger partial charge in [-0.05, 0) is 12.8 Å². The van der Waals surface area contributed by atoms with Gasteiger partial charge in [0.2, 0.25) is 0 Å². The van der Waals surface area contributed by atoms with Crippen molar-refractivity contribution in [2.45, 2.75) is 25.3 Å². The fourth-order valence-corrected chi connectivity index (χ4v) is 2.20. The number of nitrogens with zero attached hydrogens (tertiary/aromatic N) is 5. The maximum Gasteiger partial charge on any atom is 0.180 e. The van der Waals surface area contributed by atoms with Gasteiger partial charge in [0.15, 0.2) is 17.3 Å². The van der Waals surface area contributed by atoms with Crippen LogP contribution in [0.5, 0.6) is 0 Å². The predicted molar refractivity (Wildman–Crippen MR) is 71.4 cm³/mol. The van der Waals surface area contributed by atoms with Gasteiger partial charge < -0.3 is 14.7 Å². The first-order valence-corrected chi connectivity index (χ1v) is 6.27. The van der Waals surface area contributed by atoms with Gasteiger partial charge in [-0.25, -0.2) is 15.8 Å². The van der Waals surface area contributed by atoms with E-state index in [1.807, 2.05) is 10.6 Å². The van der Waals surface area contributed by atoms with Crippen molar-refractivity contribution < 1.29 is 0 Å². The Labute approximate surface area is 110 Å². The number of anilines is 2. The molecule has 19 heavy (non-hydrogen) atoms. The minimum Gasteiger partial charge on any atom is -0.349 e. The van der Waals surface area contributed by atoms with Gasteiger partial charge in [-0.15, -0.1) is 0 Å². The van der Waals surface area contributed by atoms with Crippen molar-refractivity contribution in [1.82, 2.24) is 14.4 Å². The van der Waals surface area contributed by atoms with E-state index in [4.69, 9.17) is 11.1 Å². The molecule has 0 spiro atoms. The molecule has 1 saturated carbocycles. The first-order chi connectivity index (χ1) is 9.33. The van der Waals surface area contributed by atoms with Crippen molar-refractivity contribution in [1.29, 1.82) is 5.26 Å². The molecule has 0 amide bonds. The zero-order valence-corrected chi connectivity index (χ0v) is 10.5. The smallest absolute Gasteiger partial charge is 0.180 e. The van der Waals surface area contributed by atoms with E-state index in [0.29, 0.717) is 24.8 Å². The fourth-order valence-electron chi connectivity index (χ4n) is 2.20. The Morgan fingerprint density at radius 1 is 1.58 bits per heavy atom. The average Bonchev–Trinajstić information content (AvgIpc) is 3.16. The molecule has 1 aliphatic rings. The van der Waals surface area contributed by atoms with Crippen LogP contribution >= 0.6 is 0 Å². The van der Waals surface area contributed by atoms with Gasteiger partial charge in [-0.3, -0.25) is 0 Å². The van der Waals surface area contributed by atoms with Gasteiger partial charge in [0.05, 0.1) is 18.7 Å². The summed E-state index contributed by atoms with van der Waals surface area (Å²) in [5, 5.41) is 8.79. The molecule has 0 aromatic carbocycles.